The van der Waals surface area contributed by atoms with Crippen LogP contribution in [-0.2, 0) is 0 Å². The summed E-state index contributed by atoms with van der Waals surface area (Å²) in [5, 5.41) is 6.66. The second-order valence-corrected chi connectivity index (χ2v) is 7.99. The Kier molecular flexibility index (Phi) is 5.35. The predicted octanol–water partition coefficient (Wildman–Crippen LogP) is 5.20. The van der Waals surface area contributed by atoms with E-state index in [-0.39, 0.29) is 5.91 Å². The molecule has 0 spiro atoms. The van der Waals surface area contributed by atoms with Crippen molar-refractivity contribution in [3.8, 4) is 11.3 Å². The van der Waals surface area contributed by atoms with Gasteiger partial charge < -0.3 is 10.6 Å². The van der Waals surface area contributed by atoms with E-state index in [1.807, 2.05) is 65.2 Å². The molecule has 5 rings (SSSR count). The quantitative estimate of drug-likeness (QED) is 0.473. The molecule has 2 aromatic heterocycles. The van der Waals surface area contributed by atoms with Gasteiger partial charge in [-0.05, 0) is 37.1 Å². The maximum atomic E-state index is 12.6. The lowest BCUT2D eigenvalue weighted by molar-refractivity contribution is 0.0927. The van der Waals surface area contributed by atoms with Crippen molar-refractivity contribution in [1.82, 2.24) is 19.7 Å². The van der Waals surface area contributed by atoms with Crippen molar-refractivity contribution in [2.24, 2.45) is 0 Å². The first-order valence-electron chi connectivity index (χ1n) is 10.8. The van der Waals surface area contributed by atoms with Gasteiger partial charge in [-0.1, -0.05) is 49.6 Å². The molecule has 6 heteroatoms. The number of nitrogens with one attached hydrogen (secondary N) is 2. The molecule has 2 heterocycles. The minimum absolute atomic E-state index is 0.00398. The van der Waals surface area contributed by atoms with Gasteiger partial charge in [-0.3, -0.25) is 14.2 Å². The summed E-state index contributed by atoms with van der Waals surface area (Å²) in [5.74, 6) is 0.868. The van der Waals surface area contributed by atoms with Crippen LogP contribution < -0.4 is 10.6 Å². The molecule has 1 saturated carbocycles. The number of carbonyl (C=O) groups is 1. The van der Waals surface area contributed by atoms with Crippen LogP contribution in [0.15, 0.2) is 73.2 Å². The summed E-state index contributed by atoms with van der Waals surface area (Å²) in [6, 6.07) is 18.0. The van der Waals surface area contributed by atoms with Crippen molar-refractivity contribution in [3.05, 3.63) is 78.8 Å². The van der Waals surface area contributed by atoms with Crippen molar-refractivity contribution >= 4 is 23.1 Å². The molecule has 1 aliphatic carbocycles. The largest absolute Gasteiger partial charge is 0.349 e. The van der Waals surface area contributed by atoms with Crippen LogP contribution in [0.4, 0.5) is 11.5 Å². The lowest BCUT2D eigenvalue weighted by Crippen LogP contribution is -2.36. The molecule has 4 aromatic rings. The Morgan fingerprint density at radius 3 is 2.52 bits per heavy atom. The van der Waals surface area contributed by atoms with E-state index in [1.165, 1.54) is 19.3 Å². The lowest BCUT2D eigenvalue weighted by atomic mass is 9.95. The van der Waals surface area contributed by atoms with Crippen molar-refractivity contribution in [2.45, 2.75) is 38.1 Å². The van der Waals surface area contributed by atoms with Gasteiger partial charge in [0.05, 0.1) is 6.20 Å². The zero-order valence-corrected chi connectivity index (χ0v) is 17.3. The summed E-state index contributed by atoms with van der Waals surface area (Å²) < 4.78 is 1.99. The summed E-state index contributed by atoms with van der Waals surface area (Å²) in [6.45, 7) is 0. The van der Waals surface area contributed by atoms with E-state index in [9.17, 15) is 4.79 Å². The summed E-state index contributed by atoms with van der Waals surface area (Å²) in [6.07, 6.45) is 11.2. The Hall–Kier alpha value is -3.67. The molecule has 6 nitrogen and oxygen atoms in total. The van der Waals surface area contributed by atoms with Gasteiger partial charge in [-0.15, -0.1) is 0 Å². The number of fused-ring (bicyclic) bond motifs is 1. The third kappa shape index (κ3) is 4.14. The number of anilines is 2. The van der Waals surface area contributed by atoms with Crippen LogP contribution in [0.5, 0.6) is 0 Å². The van der Waals surface area contributed by atoms with E-state index >= 15 is 0 Å². The first kappa shape index (κ1) is 19.3. The van der Waals surface area contributed by atoms with Crippen LogP contribution in [-0.4, -0.2) is 26.3 Å². The van der Waals surface area contributed by atoms with Crippen LogP contribution in [0.1, 0.15) is 42.5 Å². The number of aromatic nitrogens is 3. The van der Waals surface area contributed by atoms with Gasteiger partial charge in [0, 0.05) is 35.2 Å². The van der Waals surface area contributed by atoms with Crippen molar-refractivity contribution in [3.63, 3.8) is 0 Å². The molecule has 1 aliphatic rings. The lowest BCUT2D eigenvalue weighted by Gasteiger charge is -2.22. The molecular weight excluding hydrogens is 386 g/mol. The fourth-order valence-corrected chi connectivity index (χ4v) is 4.18. The molecule has 0 saturated heterocycles. The Bertz CT molecular complexity index is 1180. The first-order chi connectivity index (χ1) is 15.3. The molecule has 0 bridgehead atoms. The first-order valence-corrected chi connectivity index (χ1v) is 10.8. The fourth-order valence-electron chi connectivity index (χ4n) is 4.18. The van der Waals surface area contributed by atoms with Gasteiger partial charge in [0.25, 0.3) is 5.91 Å². The average Bonchev–Trinajstić information content (AvgIpc) is 3.19. The molecule has 2 N–H and O–H groups in total. The van der Waals surface area contributed by atoms with E-state index in [0.29, 0.717) is 11.6 Å². The SMILES string of the molecule is O=C(NC1CCCCC1)c1ccc(Nc2c(-c3ccccc3)nc3cnccn23)cc1. The standard InChI is InChI=1S/C25H25N5O/c31-25(28-20-9-5-2-6-10-20)19-11-13-21(14-12-19)27-24-23(18-7-3-1-4-8-18)29-22-17-26-15-16-30(22)24/h1,3-4,7-8,11-17,20,27H,2,5-6,9-10H2,(H,28,31). The highest BCUT2D eigenvalue weighted by atomic mass is 16.1. The zero-order valence-electron chi connectivity index (χ0n) is 17.3. The maximum absolute atomic E-state index is 12.6. The summed E-state index contributed by atoms with van der Waals surface area (Å²) in [4.78, 5) is 21.6. The highest BCUT2D eigenvalue weighted by molar-refractivity contribution is 5.95. The Morgan fingerprint density at radius 2 is 1.74 bits per heavy atom. The van der Waals surface area contributed by atoms with Crippen molar-refractivity contribution in [1.29, 1.82) is 0 Å². The number of nitrogens with zero attached hydrogens (tertiary/aromatic N) is 3. The molecule has 2 aromatic carbocycles. The summed E-state index contributed by atoms with van der Waals surface area (Å²) in [7, 11) is 0. The van der Waals surface area contributed by atoms with Crippen LogP contribution in [0.3, 0.4) is 0 Å². The Labute approximate surface area is 181 Å². The monoisotopic (exact) mass is 411 g/mol. The normalized spacial score (nSPS) is 14.5. The van der Waals surface area contributed by atoms with Crippen LogP contribution >= 0.6 is 0 Å². The summed E-state index contributed by atoms with van der Waals surface area (Å²) >= 11 is 0. The zero-order chi connectivity index (χ0) is 21.0. The van der Waals surface area contributed by atoms with E-state index in [0.717, 1.165) is 41.3 Å². The molecule has 0 radical (unpaired) electrons. The fraction of sp³-hybridized carbons (Fsp3) is 0.240. The molecule has 1 amide bonds. The highest BCUT2D eigenvalue weighted by Crippen LogP contribution is 2.30. The smallest absolute Gasteiger partial charge is 0.251 e. The molecule has 0 atom stereocenters. The van der Waals surface area contributed by atoms with E-state index in [1.54, 1.807) is 12.4 Å². The predicted molar refractivity (Wildman–Crippen MR) is 122 cm³/mol. The minimum atomic E-state index is 0.00398. The van der Waals surface area contributed by atoms with Crippen molar-refractivity contribution < 1.29 is 4.79 Å². The third-order valence-corrected chi connectivity index (χ3v) is 5.83. The van der Waals surface area contributed by atoms with E-state index in [2.05, 4.69) is 15.6 Å². The second-order valence-electron chi connectivity index (χ2n) is 7.99. The molecule has 31 heavy (non-hydrogen) atoms. The summed E-state index contributed by atoms with van der Waals surface area (Å²) in [5.41, 5.74) is 4.23. The van der Waals surface area contributed by atoms with E-state index < -0.39 is 0 Å². The third-order valence-electron chi connectivity index (χ3n) is 5.83. The van der Waals surface area contributed by atoms with Crippen LogP contribution in [0, 0.1) is 0 Å². The number of amides is 1. The van der Waals surface area contributed by atoms with Crippen molar-refractivity contribution in [2.75, 3.05) is 5.32 Å². The van der Waals surface area contributed by atoms with Gasteiger partial charge in [0.1, 0.15) is 11.5 Å². The van der Waals surface area contributed by atoms with E-state index in [4.69, 9.17) is 4.98 Å². The molecular formula is C25H25N5O. The van der Waals surface area contributed by atoms with Crippen LogP contribution in [0.25, 0.3) is 16.9 Å². The average molecular weight is 412 g/mol. The van der Waals surface area contributed by atoms with Gasteiger partial charge in [-0.2, -0.15) is 0 Å². The number of carbonyl (C=O) groups excluding carboxylic acids is 1. The molecule has 1 fully saturated rings. The second kappa shape index (κ2) is 8.60. The van der Waals surface area contributed by atoms with Gasteiger partial charge >= 0.3 is 0 Å². The van der Waals surface area contributed by atoms with Gasteiger partial charge in [-0.25, -0.2) is 4.98 Å². The minimum Gasteiger partial charge on any atom is -0.349 e. The number of benzene rings is 2. The number of rotatable bonds is 5. The van der Waals surface area contributed by atoms with Crippen LogP contribution in [0.2, 0.25) is 0 Å². The van der Waals surface area contributed by atoms with Gasteiger partial charge in [0.15, 0.2) is 5.65 Å². The Balaban J connectivity index is 1.39. The number of hydrogen-bond donors (Lipinski definition) is 2. The molecule has 156 valence electrons. The number of hydrogen-bond acceptors (Lipinski definition) is 4. The van der Waals surface area contributed by atoms with Gasteiger partial charge in [0.2, 0.25) is 0 Å². The Morgan fingerprint density at radius 1 is 0.968 bits per heavy atom. The number of imidazole rings is 1. The topological polar surface area (TPSA) is 71.3 Å². The molecule has 0 unspecified atom stereocenters. The molecule has 0 aliphatic heterocycles. The maximum Gasteiger partial charge on any atom is 0.251 e. The highest BCUT2D eigenvalue weighted by Gasteiger charge is 2.17.